The third-order valence-electron chi connectivity index (χ3n) is 2.55. The Kier molecular flexibility index (Phi) is 2.42. The second-order valence-electron chi connectivity index (χ2n) is 3.40. The number of fused-ring (bicyclic) bond motifs is 1. The van der Waals surface area contributed by atoms with Gasteiger partial charge in [0.05, 0.1) is 10.5 Å². The van der Waals surface area contributed by atoms with Gasteiger partial charge in [0, 0.05) is 11.6 Å². The predicted octanol–water partition coefficient (Wildman–Crippen LogP) is 3.76. The number of hydrogen-bond donors (Lipinski definition) is 0. The molecule has 0 saturated heterocycles. The Morgan fingerprint density at radius 1 is 1.29 bits per heavy atom. The van der Waals surface area contributed by atoms with Crippen molar-refractivity contribution in [2.45, 2.75) is 20.3 Å². The molecular formula is C12H12ClN. The van der Waals surface area contributed by atoms with Crippen molar-refractivity contribution in [3.8, 4) is 0 Å². The van der Waals surface area contributed by atoms with Gasteiger partial charge in [0.25, 0.3) is 0 Å². The molecule has 1 aromatic carbocycles. The number of benzene rings is 1. The SMILES string of the molecule is CCc1c(C)ccc2c(Cl)ccnc12. The Morgan fingerprint density at radius 2 is 2.07 bits per heavy atom. The van der Waals surface area contributed by atoms with E-state index in [9.17, 15) is 0 Å². The molecule has 0 spiro atoms. The Hall–Kier alpha value is -1.08. The van der Waals surface area contributed by atoms with Gasteiger partial charge in [-0.15, -0.1) is 0 Å². The molecule has 0 saturated carbocycles. The number of rotatable bonds is 1. The molecule has 0 amide bonds. The van der Waals surface area contributed by atoms with Gasteiger partial charge in [-0.25, -0.2) is 0 Å². The van der Waals surface area contributed by atoms with Crippen LogP contribution in [0.1, 0.15) is 18.1 Å². The smallest absolute Gasteiger partial charge is 0.0751 e. The van der Waals surface area contributed by atoms with E-state index in [1.807, 2.05) is 12.1 Å². The van der Waals surface area contributed by atoms with E-state index in [1.54, 1.807) is 6.20 Å². The second kappa shape index (κ2) is 3.58. The van der Waals surface area contributed by atoms with Gasteiger partial charge in [-0.05, 0) is 30.5 Å². The Labute approximate surface area is 88.7 Å². The van der Waals surface area contributed by atoms with Crippen molar-refractivity contribution in [3.05, 3.63) is 40.5 Å². The van der Waals surface area contributed by atoms with Crippen LogP contribution in [0.5, 0.6) is 0 Å². The molecular weight excluding hydrogens is 194 g/mol. The lowest BCUT2D eigenvalue weighted by atomic mass is 10.0. The van der Waals surface area contributed by atoms with Gasteiger partial charge >= 0.3 is 0 Å². The lowest BCUT2D eigenvalue weighted by Gasteiger charge is -2.07. The summed E-state index contributed by atoms with van der Waals surface area (Å²) >= 11 is 6.10. The molecule has 0 aliphatic rings. The molecule has 0 fully saturated rings. The minimum atomic E-state index is 0.782. The summed E-state index contributed by atoms with van der Waals surface area (Å²) in [6.07, 6.45) is 2.76. The summed E-state index contributed by atoms with van der Waals surface area (Å²) in [6.45, 7) is 4.26. The van der Waals surface area contributed by atoms with Gasteiger partial charge < -0.3 is 0 Å². The molecule has 2 rings (SSSR count). The van der Waals surface area contributed by atoms with Gasteiger partial charge in [-0.3, -0.25) is 4.98 Å². The highest BCUT2D eigenvalue weighted by Gasteiger charge is 2.05. The molecule has 0 unspecified atom stereocenters. The molecule has 0 radical (unpaired) electrons. The van der Waals surface area contributed by atoms with Crippen LogP contribution < -0.4 is 0 Å². The summed E-state index contributed by atoms with van der Waals surface area (Å²) in [7, 11) is 0. The number of aryl methyl sites for hydroxylation is 2. The van der Waals surface area contributed by atoms with Gasteiger partial charge in [0.2, 0.25) is 0 Å². The van der Waals surface area contributed by atoms with Crippen molar-refractivity contribution in [2.75, 3.05) is 0 Å². The van der Waals surface area contributed by atoms with Crippen LogP contribution in [0, 0.1) is 6.92 Å². The summed E-state index contributed by atoms with van der Waals surface area (Å²) in [5, 5.41) is 1.83. The first-order valence-electron chi connectivity index (χ1n) is 4.76. The fourth-order valence-corrected chi connectivity index (χ4v) is 2.00. The zero-order valence-corrected chi connectivity index (χ0v) is 9.10. The average molecular weight is 206 g/mol. The zero-order valence-electron chi connectivity index (χ0n) is 8.34. The molecule has 2 heteroatoms. The summed E-state index contributed by atoms with van der Waals surface area (Å²) in [4.78, 5) is 4.39. The summed E-state index contributed by atoms with van der Waals surface area (Å²) in [5.74, 6) is 0. The van der Waals surface area contributed by atoms with Crippen LogP contribution in [0.2, 0.25) is 5.02 Å². The molecule has 2 aromatic rings. The van der Waals surface area contributed by atoms with Crippen LogP contribution in [0.4, 0.5) is 0 Å². The topological polar surface area (TPSA) is 12.9 Å². The van der Waals surface area contributed by atoms with Crippen LogP contribution in [0.15, 0.2) is 24.4 Å². The molecule has 0 aliphatic heterocycles. The molecule has 0 bridgehead atoms. The first-order chi connectivity index (χ1) is 6.74. The van der Waals surface area contributed by atoms with E-state index in [0.717, 1.165) is 22.3 Å². The first kappa shape index (κ1) is 9.47. The summed E-state index contributed by atoms with van der Waals surface area (Å²) in [6, 6.07) is 5.98. The molecule has 1 heterocycles. The Bertz CT molecular complexity index is 477. The van der Waals surface area contributed by atoms with Gasteiger partial charge in [-0.2, -0.15) is 0 Å². The minimum Gasteiger partial charge on any atom is -0.256 e. The van der Waals surface area contributed by atoms with Crippen molar-refractivity contribution < 1.29 is 0 Å². The molecule has 0 atom stereocenters. The van der Waals surface area contributed by atoms with Crippen molar-refractivity contribution in [2.24, 2.45) is 0 Å². The quantitative estimate of drug-likeness (QED) is 0.691. The summed E-state index contributed by atoms with van der Waals surface area (Å²) in [5.41, 5.74) is 3.62. The maximum absolute atomic E-state index is 6.10. The van der Waals surface area contributed by atoms with Crippen molar-refractivity contribution >= 4 is 22.5 Å². The number of pyridine rings is 1. The maximum Gasteiger partial charge on any atom is 0.0751 e. The molecule has 1 nitrogen and oxygen atoms in total. The third-order valence-corrected chi connectivity index (χ3v) is 2.88. The molecule has 0 aliphatic carbocycles. The fraction of sp³-hybridized carbons (Fsp3) is 0.250. The maximum atomic E-state index is 6.10. The Balaban J connectivity index is 2.88. The van der Waals surface area contributed by atoms with E-state index in [4.69, 9.17) is 11.6 Å². The van der Waals surface area contributed by atoms with Gasteiger partial charge in [0.1, 0.15) is 0 Å². The minimum absolute atomic E-state index is 0.782. The highest BCUT2D eigenvalue weighted by atomic mass is 35.5. The van der Waals surface area contributed by atoms with Gasteiger partial charge in [-0.1, -0.05) is 30.7 Å². The number of aromatic nitrogens is 1. The van der Waals surface area contributed by atoms with E-state index in [0.29, 0.717) is 0 Å². The average Bonchev–Trinajstić information content (AvgIpc) is 2.18. The number of nitrogens with zero attached hydrogens (tertiary/aromatic N) is 1. The monoisotopic (exact) mass is 205 g/mol. The van der Waals surface area contributed by atoms with E-state index in [1.165, 1.54) is 11.1 Å². The van der Waals surface area contributed by atoms with Crippen LogP contribution in [0.3, 0.4) is 0 Å². The van der Waals surface area contributed by atoms with Crippen LogP contribution in [0.25, 0.3) is 10.9 Å². The zero-order chi connectivity index (χ0) is 10.1. The molecule has 14 heavy (non-hydrogen) atoms. The fourth-order valence-electron chi connectivity index (χ4n) is 1.79. The van der Waals surface area contributed by atoms with Crippen molar-refractivity contribution in [1.82, 2.24) is 4.98 Å². The van der Waals surface area contributed by atoms with E-state index < -0.39 is 0 Å². The van der Waals surface area contributed by atoms with E-state index >= 15 is 0 Å². The normalized spacial score (nSPS) is 10.8. The highest BCUT2D eigenvalue weighted by Crippen LogP contribution is 2.26. The van der Waals surface area contributed by atoms with E-state index in [-0.39, 0.29) is 0 Å². The molecule has 1 aromatic heterocycles. The Morgan fingerprint density at radius 3 is 2.79 bits per heavy atom. The first-order valence-corrected chi connectivity index (χ1v) is 5.14. The second-order valence-corrected chi connectivity index (χ2v) is 3.81. The van der Waals surface area contributed by atoms with Crippen LogP contribution in [-0.2, 0) is 6.42 Å². The third kappa shape index (κ3) is 1.38. The largest absolute Gasteiger partial charge is 0.256 e. The van der Waals surface area contributed by atoms with Crippen LogP contribution in [-0.4, -0.2) is 4.98 Å². The van der Waals surface area contributed by atoms with Gasteiger partial charge in [0.15, 0.2) is 0 Å². The van der Waals surface area contributed by atoms with Crippen LogP contribution >= 0.6 is 11.6 Å². The number of halogens is 1. The summed E-state index contributed by atoms with van der Waals surface area (Å²) < 4.78 is 0. The standard InChI is InChI=1S/C12H12ClN/c1-3-9-8(2)4-5-10-11(13)6-7-14-12(9)10/h4-7H,3H2,1-2H3. The van der Waals surface area contributed by atoms with E-state index in [2.05, 4.69) is 24.9 Å². The van der Waals surface area contributed by atoms with Crippen molar-refractivity contribution in [3.63, 3.8) is 0 Å². The molecule has 0 N–H and O–H groups in total. The molecule has 72 valence electrons. The van der Waals surface area contributed by atoms with Crippen molar-refractivity contribution in [1.29, 1.82) is 0 Å². The lowest BCUT2D eigenvalue weighted by Crippen LogP contribution is -1.91. The highest BCUT2D eigenvalue weighted by molar-refractivity contribution is 6.35. The number of hydrogen-bond acceptors (Lipinski definition) is 1. The lowest BCUT2D eigenvalue weighted by molar-refractivity contribution is 1.12. The predicted molar refractivity (Wildman–Crippen MR) is 60.9 cm³/mol.